The van der Waals surface area contributed by atoms with Crippen LogP contribution in [0.3, 0.4) is 0 Å². The summed E-state index contributed by atoms with van der Waals surface area (Å²) in [5, 5.41) is 0.893. The lowest BCUT2D eigenvalue weighted by Crippen LogP contribution is -2.30. The van der Waals surface area contributed by atoms with Crippen LogP contribution in [-0.4, -0.2) is 0 Å². The van der Waals surface area contributed by atoms with Crippen LogP contribution >= 0.6 is 0 Å². The van der Waals surface area contributed by atoms with Crippen molar-refractivity contribution in [1.82, 2.24) is 0 Å². The molecule has 180 valence electrons. The van der Waals surface area contributed by atoms with Gasteiger partial charge < -0.3 is 0 Å². The van der Waals surface area contributed by atoms with E-state index in [1.807, 2.05) is 31.2 Å². The van der Waals surface area contributed by atoms with Crippen molar-refractivity contribution in [2.45, 2.75) is 103 Å². The van der Waals surface area contributed by atoms with Crippen LogP contribution in [0.5, 0.6) is 0 Å². The highest BCUT2D eigenvalue weighted by Crippen LogP contribution is 2.49. The number of hydrogen-bond acceptors (Lipinski definition) is 0. The highest BCUT2D eigenvalue weighted by Gasteiger charge is 2.36. The van der Waals surface area contributed by atoms with Crippen LogP contribution in [0.25, 0.3) is 10.8 Å². The Morgan fingerprint density at radius 3 is 2.58 bits per heavy atom. The predicted molar refractivity (Wildman–Crippen MR) is 137 cm³/mol. The number of benzene rings is 2. The predicted octanol–water partition coefficient (Wildman–Crippen LogP) is 9.90. The summed E-state index contributed by atoms with van der Waals surface area (Å²) in [4.78, 5) is 0. The van der Waals surface area contributed by atoms with Crippen molar-refractivity contribution in [3.63, 3.8) is 0 Å². The normalized spacial score (nSPS) is 25.6. The molecule has 0 radical (unpaired) electrons. The second-order valence-corrected chi connectivity index (χ2v) is 10.8. The summed E-state index contributed by atoms with van der Waals surface area (Å²) in [6, 6.07) is 7.41. The second-order valence-electron chi connectivity index (χ2n) is 10.8. The third-order valence-electron chi connectivity index (χ3n) is 8.56. The van der Waals surface area contributed by atoms with Crippen LogP contribution in [0.1, 0.15) is 108 Å². The van der Waals surface area contributed by atoms with Crippen LogP contribution in [-0.2, 0) is 6.42 Å². The van der Waals surface area contributed by atoms with Gasteiger partial charge in [0.1, 0.15) is 11.6 Å². The summed E-state index contributed by atoms with van der Waals surface area (Å²) in [7, 11) is 0. The van der Waals surface area contributed by atoms with Gasteiger partial charge in [0.25, 0.3) is 0 Å². The molecule has 0 aliphatic heterocycles. The van der Waals surface area contributed by atoms with Crippen LogP contribution in [0.15, 0.2) is 36.4 Å². The lowest BCUT2D eigenvalue weighted by molar-refractivity contribution is 0.112. The van der Waals surface area contributed by atoms with Crippen LogP contribution in [0.2, 0.25) is 0 Å². The van der Waals surface area contributed by atoms with E-state index >= 15 is 4.39 Å². The Hall–Kier alpha value is -1.70. The van der Waals surface area contributed by atoms with Gasteiger partial charge in [0.15, 0.2) is 0 Å². The largest absolute Gasteiger partial charge is 0.206 e. The molecule has 0 bridgehead atoms. The maximum atomic E-state index is 15.6. The van der Waals surface area contributed by atoms with Crippen LogP contribution in [0.4, 0.5) is 8.78 Å². The summed E-state index contributed by atoms with van der Waals surface area (Å²) in [6.45, 7) is 4.27. The van der Waals surface area contributed by atoms with Crippen molar-refractivity contribution in [2.75, 3.05) is 0 Å². The molecule has 0 heterocycles. The van der Waals surface area contributed by atoms with E-state index in [0.29, 0.717) is 5.39 Å². The van der Waals surface area contributed by atoms with Crippen molar-refractivity contribution in [2.24, 2.45) is 17.8 Å². The molecule has 0 N–H and O–H groups in total. The fraction of sp³-hybridized carbons (Fsp3) is 0.613. The Bertz CT molecular complexity index is 944. The van der Waals surface area contributed by atoms with E-state index in [9.17, 15) is 4.39 Å². The smallest absolute Gasteiger partial charge is 0.137 e. The minimum absolute atomic E-state index is 0.195. The number of fused-ring (bicyclic) bond motifs is 2. The molecular weight excluding hydrogens is 410 g/mol. The molecule has 33 heavy (non-hydrogen) atoms. The molecule has 0 aromatic heterocycles. The summed E-state index contributed by atoms with van der Waals surface area (Å²) in [6.07, 6.45) is 20.0. The highest BCUT2D eigenvalue weighted by atomic mass is 19.1. The first-order valence-electron chi connectivity index (χ1n) is 13.6. The lowest BCUT2D eigenvalue weighted by atomic mass is 9.63. The highest BCUT2D eigenvalue weighted by molar-refractivity contribution is 5.85. The number of allylic oxidation sites excluding steroid dienone is 2. The summed E-state index contributed by atoms with van der Waals surface area (Å²) >= 11 is 0. The molecular formula is C31H42F2. The topological polar surface area (TPSA) is 0 Å². The second kappa shape index (κ2) is 11.6. The monoisotopic (exact) mass is 452 g/mol. The molecule has 2 aliphatic carbocycles. The fourth-order valence-electron chi connectivity index (χ4n) is 6.71. The maximum Gasteiger partial charge on any atom is 0.137 e. The van der Waals surface area contributed by atoms with E-state index in [-0.39, 0.29) is 17.1 Å². The van der Waals surface area contributed by atoms with Gasteiger partial charge in [0, 0.05) is 0 Å². The minimum atomic E-state index is -0.403. The average Bonchev–Trinajstić information content (AvgIpc) is 2.82. The molecule has 2 aromatic carbocycles. The number of halogens is 2. The first-order chi connectivity index (χ1) is 16.1. The van der Waals surface area contributed by atoms with Gasteiger partial charge in [-0.2, -0.15) is 0 Å². The molecule has 4 rings (SSSR count). The zero-order valence-corrected chi connectivity index (χ0v) is 20.7. The zero-order valence-electron chi connectivity index (χ0n) is 20.7. The number of aryl methyl sites for hydroxylation is 1. The number of rotatable bonds is 9. The van der Waals surface area contributed by atoms with Gasteiger partial charge in [0.05, 0.1) is 5.39 Å². The number of unbranched alkanes of at least 4 members (excludes halogenated alkanes) is 3. The third kappa shape index (κ3) is 5.87. The van der Waals surface area contributed by atoms with Gasteiger partial charge >= 0.3 is 0 Å². The molecule has 0 spiro atoms. The van der Waals surface area contributed by atoms with Crippen LogP contribution < -0.4 is 0 Å². The van der Waals surface area contributed by atoms with E-state index in [0.717, 1.165) is 54.6 Å². The average molecular weight is 453 g/mol. The quantitative estimate of drug-likeness (QED) is 0.262. The van der Waals surface area contributed by atoms with E-state index in [1.165, 1.54) is 63.9 Å². The molecule has 2 aliphatic rings. The van der Waals surface area contributed by atoms with Gasteiger partial charge in [0.2, 0.25) is 0 Å². The Kier molecular flexibility index (Phi) is 8.61. The Morgan fingerprint density at radius 1 is 0.939 bits per heavy atom. The van der Waals surface area contributed by atoms with Crippen molar-refractivity contribution >= 4 is 10.8 Å². The van der Waals surface area contributed by atoms with Gasteiger partial charge in [-0.05, 0) is 98.1 Å². The van der Waals surface area contributed by atoms with Crippen molar-refractivity contribution in [3.8, 4) is 0 Å². The number of hydrogen-bond donors (Lipinski definition) is 0. The van der Waals surface area contributed by atoms with Gasteiger partial charge in [-0.25, -0.2) is 8.78 Å². The Morgan fingerprint density at radius 2 is 1.76 bits per heavy atom. The van der Waals surface area contributed by atoms with Crippen molar-refractivity contribution < 1.29 is 8.78 Å². The zero-order chi connectivity index (χ0) is 23.2. The first kappa shape index (κ1) is 24.4. The standard InChI is InChI=1S/C31H42F2/c1-3-5-7-9-10-22-12-13-25-21-26(15-14-24(25)18-22)28-17-16-27-19-23(11-8-6-4-2)20-29(32)30(27)31(28)33/h4,6,16-17,19-20,22,24-26H,3,5,7-15,18,21H2,1-2H3/b6-4+. The fourth-order valence-corrected chi connectivity index (χ4v) is 6.71. The lowest BCUT2D eigenvalue weighted by Gasteiger charge is -2.42. The molecule has 0 nitrogen and oxygen atoms in total. The molecule has 2 heteroatoms. The summed E-state index contributed by atoms with van der Waals surface area (Å²) < 4.78 is 30.6. The van der Waals surface area contributed by atoms with E-state index in [4.69, 9.17) is 0 Å². The van der Waals surface area contributed by atoms with E-state index < -0.39 is 5.82 Å². The Balaban J connectivity index is 1.42. The summed E-state index contributed by atoms with van der Waals surface area (Å²) in [5.74, 6) is 1.99. The van der Waals surface area contributed by atoms with Crippen LogP contribution in [0, 0.1) is 29.4 Å². The first-order valence-corrected chi connectivity index (χ1v) is 13.6. The van der Waals surface area contributed by atoms with Crippen molar-refractivity contribution in [3.05, 3.63) is 59.2 Å². The van der Waals surface area contributed by atoms with E-state index in [1.54, 1.807) is 0 Å². The molecule has 0 amide bonds. The molecule has 2 saturated carbocycles. The minimum Gasteiger partial charge on any atom is -0.206 e. The Labute approximate surface area is 199 Å². The molecule has 4 unspecified atom stereocenters. The van der Waals surface area contributed by atoms with Gasteiger partial charge in [-0.1, -0.05) is 75.8 Å². The summed E-state index contributed by atoms with van der Waals surface area (Å²) in [5.41, 5.74) is 1.69. The van der Waals surface area contributed by atoms with Crippen molar-refractivity contribution in [1.29, 1.82) is 0 Å². The van der Waals surface area contributed by atoms with Gasteiger partial charge in [-0.15, -0.1) is 0 Å². The third-order valence-corrected chi connectivity index (χ3v) is 8.56. The van der Waals surface area contributed by atoms with E-state index in [2.05, 4.69) is 13.0 Å². The maximum absolute atomic E-state index is 15.6. The molecule has 4 atom stereocenters. The molecule has 2 fully saturated rings. The van der Waals surface area contributed by atoms with Gasteiger partial charge in [-0.3, -0.25) is 0 Å². The molecule has 0 saturated heterocycles. The molecule has 2 aromatic rings. The SMILES string of the molecule is C/C=C/CCc1cc(F)c2c(F)c(C3CCC4CC(CCCCCC)CCC4C3)ccc2c1.